The van der Waals surface area contributed by atoms with Gasteiger partial charge in [0.1, 0.15) is 5.82 Å². The highest BCUT2D eigenvalue weighted by Crippen LogP contribution is 2.18. The molecule has 2 N–H and O–H groups in total. The molecule has 1 rings (SSSR count). The number of halogens is 2. The Hall–Kier alpha value is -0.450. The molecule has 2 nitrogen and oxygen atoms in total. The average Bonchev–Trinajstić information content (AvgIpc) is 2.31. The Labute approximate surface area is 111 Å². The van der Waals surface area contributed by atoms with Crippen LogP contribution in [0.5, 0.6) is 0 Å². The van der Waals surface area contributed by atoms with E-state index in [0.717, 1.165) is 19.5 Å². The monoisotopic (exact) mass is 302 g/mol. The second-order valence-electron chi connectivity index (χ2n) is 4.20. The summed E-state index contributed by atoms with van der Waals surface area (Å²) in [6, 6.07) is 5.70. The summed E-state index contributed by atoms with van der Waals surface area (Å²) in [7, 11) is 0. The third kappa shape index (κ3) is 5.15. The molecule has 1 aromatic rings. The molecular weight excluding hydrogens is 283 g/mol. The largest absolute Gasteiger partial charge is 0.315 e. The van der Waals surface area contributed by atoms with E-state index in [2.05, 4.69) is 40.4 Å². The van der Waals surface area contributed by atoms with Crippen LogP contribution < -0.4 is 10.6 Å². The number of rotatable bonds is 7. The molecule has 0 saturated heterocycles. The van der Waals surface area contributed by atoms with Crippen molar-refractivity contribution in [1.29, 1.82) is 0 Å². The molecule has 0 spiro atoms. The molecule has 96 valence electrons. The minimum Gasteiger partial charge on any atom is -0.315 e. The molecule has 0 heterocycles. The summed E-state index contributed by atoms with van der Waals surface area (Å²) < 4.78 is 14.2. The second kappa shape index (κ2) is 7.80. The van der Waals surface area contributed by atoms with Crippen LogP contribution in [0, 0.1) is 5.82 Å². The average molecular weight is 303 g/mol. The molecule has 1 aromatic carbocycles. The molecule has 0 saturated carbocycles. The first-order chi connectivity index (χ1) is 8.15. The minimum atomic E-state index is -0.172. The maximum absolute atomic E-state index is 13.7. The summed E-state index contributed by atoms with van der Waals surface area (Å²) in [5.41, 5.74) is 0.696. The van der Waals surface area contributed by atoms with E-state index in [0.29, 0.717) is 22.6 Å². The lowest BCUT2D eigenvalue weighted by atomic mass is 10.2. The smallest absolute Gasteiger partial charge is 0.141 e. The van der Waals surface area contributed by atoms with Crippen LogP contribution in [0.1, 0.15) is 25.8 Å². The van der Waals surface area contributed by atoms with E-state index in [1.807, 2.05) is 6.07 Å². The SMILES string of the molecule is CCCNCC(C)NCc1cccc(Br)c1F. The van der Waals surface area contributed by atoms with Gasteiger partial charge in [-0.15, -0.1) is 0 Å². The van der Waals surface area contributed by atoms with Crippen molar-refractivity contribution in [3.63, 3.8) is 0 Å². The van der Waals surface area contributed by atoms with E-state index in [-0.39, 0.29) is 5.82 Å². The first-order valence-electron chi connectivity index (χ1n) is 6.02. The third-order valence-corrected chi connectivity index (χ3v) is 3.16. The standard InChI is InChI=1S/C13H20BrFN2/c1-3-7-16-8-10(2)17-9-11-5-4-6-12(14)13(11)15/h4-6,10,16-17H,3,7-9H2,1-2H3. The van der Waals surface area contributed by atoms with Crippen molar-refractivity contribution in [3.8, 4) is 0 Å². The first-order valence-corrected chi connectivity index (χ1v) is 6.81. The predicted octanol–water partition coefficient (Wildman–Crippen LogP) is 3.07. The molecule has 0 radical (unpaired) electrons. The molecule has 0 aliphatic rings. The summed E-state index contributed by atoms with van der Waals surface area (Å²) in [5.74, 6) is -0.172. The van der Waals surface area contributed by atoms with Crippen molar-refractivity contribution in [1.82, 2.24) is 10.6 Å². The summed E-state index contributed by atoms with van der Waals surface area (Å²) in [5, 5.41) is 6.63. The zero-order chi connectivity index (χ0) is 12.7. The van der Waals surface area contributed by atoms with Gasteiger partial charge in [-0.3, -0.25) is 0 Å². The normalized spacial score (nSPS) is 12.7. The van der Waals surface area contributed by atoms with Crippen LogP contribution in [-0.4, -0.2) is 19.1 Å². The van der Waals surface area contributed by atoms with Gasteiger partial charge < -0.3 is 10.6 Å². The number of benzene rings is 1. The highest BCUT2D eigenvalue weighted by molar-refractivity contribution is 9.10. The van der Waals surface area contributed by atoms with Crippen LogP contribution in [0.2, 0.25) is 0 Å². The lowest BCUT2D eigenvalue weighted by molar-refractivity contribution is 0.491. The van der Waals surface area contributed by atoms with E-state index >= 15 is 0 Å². The van der Waals surface area contributed by atoms with Gasteiger partial charge >= 0.3 is 0 Å². The molecule has 1 atom stereocenters. The Morgan fingerprint density at radius 3 is 2.88 bits per heavy atom. The number of hydrogen-bond donors (Lipinski definition) is 2. The second-order valence-corrected chi connectivity index (χ2v) is 5.05. The van der Waals surface area contributed by atoms with Gasteiger partial charge in [-0.05, 0) is 41.9 Å². The molecule has 17 heavy (non-hydrogen) atoms. The Morgan fingerprint density at radius 1 is 1.41 bits per heavy atom. The van der Waals surface area contributed by atoms with Crippen LogP contribution >= 0.6 is 15.9 Å². The molecular formula is C13H20BrFN2. The van der Waals surface area contributed by atoms with Crippen LogP contribution in [0.15, 0.2) is 22.7 Å². The Morgan fingerprint density at radius 2 is 2.18 bits per heavy atom. The van der Waals surface area contributed by atoms with Crippen molar-refractivity contribution in [2.45, 2.75) is 32.9 Å². The summed E-state index contributed by atoms with van der Waals surface area (Å²) in [6.45, 7) is 6.72. The fraction of sp³-hybridized carbons (Fsp3) is 0.538. The molecule has 0 aliphatic heterocycles. The fourth-order valence-electron chi connectivity index (χ4n) is 1.54. The Balaban J connectivity index is 2.37. The molecule has 0 aliphatic carbocycles. The van der Waals surface area contributed by atoms with Crippen LogP contribution in [0.4, 0.5) is 4.39 Å². The maximum Gasteiger partial charge on any atom is 0.141 e. The predicted molar refractivity (Wildman–Crippen MR) is 73.6 cm³/mol. The van der Waals surface area contributed by atoms with E-state index in [1.165, 1.54) is 0 Å². The van der Waals surface area contributed by atoms with Gasteiger partial charge in [0.25, 0.3) is 0 Å². The summed E-state index contributed by atoms with van der Waals surface area (Å²) in [6.07, 6.45) is 1.13. The zero-order valence-corrected chi connectivity index (χ0v) is 12.0. The number of nitrogens with one attached hydrogen (secondary N) is 2. The Bertz CT molecular complexity index is 344. The van der Waals surface area contributed by atoms with Gasteiger partial charge in [0.2, 0.25) is 0 Å². The van der Waals surface area contributed by atoms with Crippen molar-refractivity contribution in [3.05, 3.63) is 34.1 Å². The lowest BCUT2D eigenvalue weighted by Crippen LogP contribution is -2.36. The lowest BCUT2D eigenvalue weighted by Gasteiger charge is -2.15. The van der Waals surface area contributed by atoms with Gasteiger partial charge in [0.05, 0.1) is 4.47 Å². The van der Waals surface area contributed by atoms with Gasteiger partial charge in [-0.25, -0.2) is 4.39 Å². The molecule has 4 heteroatoms. The van der Waals surface area contributed by atoms with Gasteiger partial charge in [0.15, 0.2) is 0 Å². The Kier molecular flexibility index (Phi) is 6.70. The third-order valence-electron chi connectivity index (χ3n) is 2.55. The molecule has 0 aromatic heterocycles. The van der Waals surface area contributed by atoms with E-state index in [1.54, 1.807) is 12.1 Å². The van der Waals surface area contributed by atoms with Crippen LogP contribution in [-0.2, 0) is 6.54 Å². The molecule has 0 bridgehead atoms. The van der Waals surface area contributed by atoms with Crippen molar-refractivity contribution in [2.24, 2.45) is 0 Å². The van der Waals surface area contributed by atoms with E-state index in [9.17, 15) is 4.39 Å². The van der Waals surface area contributed by atoms with Gasteiger partial charge in [0, 0.05) is 24.7 Å². The highest BCUT2D eigenvalue weighted by atomic mass is 79.9. The van der Waals surface area contributed by atoms with Gasteiger partial charge in [-0.1, -0.05) is 19.1 Å². The molecule has 0 amide bonds. The summed E-state index contributed by atoms with van der Waals surface area (Å²) in [4.78, 5) is 0. The minimum absolute atomic E-state index is 0.172. The van der Waals surface area contributed by atoms with Crippen molar-refractivity contribution >= 4 is 15.9 Å². The topological polar surface area (TPSA) is 24.1 Å². The van der Waals surface area contributed by atoms with Crippen molar-refractivity contribution in [2.75, 3.05) is 13.1 Å². The van der Waals surface area contributed by atoms with Crippen molar-refractivity contribution < 1.29 is 4.39 Å². The molecule has 0 fully saturated rings. The zero-order valence-electron chi connectivity index (χ0n) is 10.4. The first kappa shape index (κ1) is 14.6. The van der Waals surface area contributed by atoms with Gasteiger partial charge in [-0.2, -0.15) is 0 Å². The van der Waals surface area contributed by atoms with E-state index in [4.69, 9.17) is 0 Å². The van der Waals surface area contributed by atoms with E-state index < -0.39 is 0 Å². The quantitative estimate of drug-likeness (QED) is 0.757. The van der Waals surface area contributed by atoms with Crippen LogP contribution in [0.25, 0.3) is 0 Å². The number of hydrogen-bond acceptors (Lipinski definition) is 2. The molecule has 1 unspecified atom stereocenters. The summed E-state index contributed by atoms with van der Waals surface area (Å²) >= 11 is 3.19. The highest BCUT2D eigenvalue weighted by Gasteiger charge is 2.07. The maximum atomic E-state index is 13.7. The fourth-order valence-corrected chi connectivity index (χ4v) is 1.94. The van der Waals surface area contributed by atoms with Crippen LogP contribution in [0.3, 0.4) is 0 Å².